The predicted octanol–water partition coefficient (Wildman–Crippen LogP) is 1.73. The third kappa shape index (κ3) is 26.2. The van der Waals surface area contributed by atoms with E-state index >= 15 is 0 Å². The van der Waals surface area contributed by atoms with Gasteiger partial charge in [-0.25, -0.2) is 0 Å². The summed E-state index contributed by atoms with van der Waals surface area (Å²) in [4.78, 5) is 0. The lowest BCUT2D eigenvalue weighted by atomic mass is 10.5. The van der Waals surface area contributed by atoms with Gasteiger partial charge in [0, 0.05) is 52.9 Å². The molecule has 0 aromatic carbocycles. The third-order valence-electron chi connectivity index (χ3n) is 4.54. The molecule has 0 radical (unpaired) electrons. The first-order chi connectivity index (χ1) is 17.0. The Kier molecular flexibility index (Phi) is 26.8. The van der Waals surface area contributed by atoms with Crippen molar-refractivity contribution in [1.82, 2.24) is 0 Å². The highest BCUT2D eigenvalue weighted by molar-refractivity contribution is 4.42. The minimum absolute atomic E-state index is 0.573. The van der Waals surface area contributed by atoms with Gasteiger partial charge in [0.2, 0.25) is 0 Å². The molecule has 0 spiro atoms. The third-order valence-corrected chi connectivity index (χ3v) is 4.54. The monoisotopic (exact) mass is 496 g/mol. The van der Waals surface area contributed by atoms with Crippen LogP contribution in [-0.2, 0) is 47.4 Å². The van der Waals surface area contributed by atoms with Gasteiger partial charge in [0.1, 0.15) is 0 Å². The Morgan fingerprint density at radius 2 is 0.265 bits per heavy atom. The molecule has 34 heavy (non-hydrogen) atoms. The summed E-state index contributed by atoms with van der Waals surface area (Å²) in [7, 11) is 0. The molecule has 1 fully saturated rings. The first kappa shape index (κ1) is 31.6. The second kappa shape index (κ2) is 28.8. The van der Waals surface area contributed by atoms with Crippen molar-refractivity contribution in [3.63, 3.8) is 0 Å². The molecule has 0 aromatic heterocycles. The van der Waals surface area contributed by atoms with Gasteiger partial charge in [-0.3, -0.25) is 0 Å². The summed E-state index contributed by atoms with van der Waals surface area (Å²) in [6.45, 7) is 12.4. The maximum absolute atomic E-state index is 5.53. The minimum Gasteiger partial charge on any atom is -0.379 e. The quantitative estimate of drug-likeness (QED) is 0.494. The highest BCUT2D eigenvalue weighted by Gasteiger charge is 1.97. The SMILES string of the molecule is C1COCCOCCCOCCOCCOCCCOCCOCCCOCCOCCOC1. The van der Waals surface area contributed by atoms with Gasteiger partial charge in [0.15, 0.2) is 0 Å². The fourth-order valence-electron chi connectivity index (χ4n) is 2.78. The molecule has 0 N–H and O–H groups in total. The fourth-order valence-corrected chi connectivity index (χ4v) is 2.78. The fraction of sp³-hybridized carbons (Fsp3) is 1.00. The van der Waals surface area contributed by atoms with Crippen LogP contribution in [0.15, 0.2) is 0 Å². The zero-order valence-corrected chi connectivity index (χ0v) is 21.1. The molecule has 10 nitrogen and oxygen atoms in total. The van der Waals surface area contributed by atoms with Gasteiger partial charge in [-0.15, -0.1) is 0 Å². The number of hydrogen-bond acceptors (Lipinski definition) is 10. The van der Waals surface area contributed by atoms with Crippen LogP contribution < -0.4 is 0 Å². The van der Waals surface area contributed by atoms with E-state index in [9.17, 15) is 0 Å². The summed E-state index contributed by atoms with van der Waals surface area (Å²) in [6.07, 6.45) is 3.44. The van der Waals surface area contributed by atoms with E-state index in [1.165, 1.54) is 0 Å². The van der Waals surface area contributed by atoms with Crippen molar-refractivity contribution in [2.24, 2.45) is 0 Å². The van der Waals surface area contributed by atoms with Crippen LogP contribution in [0.3, 0.4) is 0 Å². The van der Waals surface area contributed by atoms with Crippen LogP contribution in [0.25, 0.3) is 0 Å². The van der Waals surface area contributed by atoms with Crippen molar-refractivity contribution < 1.29 is 47.4 Å². The van der Waals surface area contributed by atoms with Crippen LogP contribution >= 0.6 is 0 Å². The van der Waals surface area contributed by atoms with Crippen LogP contribution in [0.1, 0.15) is 25.7 Å². The van der Waals surface area contributed by atoms with Crippen molar-refractivity contribution in [3.05, 3.63) is 0 Å². The molecular weight excluding hydrogens is 448 g/mol. The number of ether oxygens (including phenoxy) is 10. The Bertz CT molecular complexity index is 203. The van der Waals surface area contributed by atoms with Crippen LogP contribution in [-0.4, -0.2) is 132 Å². The molecule has 0 aromatic rings. The van der Waals surface area contributed by atoms with Gasteiger partial charge in [-0.1, -0.05) is 0 Å². The molecule has 0 amide bonds. The lowest BCUT2D eigenvalue weighted by Crippen LogP contribution is -2.13. The normalized spacial score (nSPS) is 24.0. The Morgan fingerprint density at radius 3 is 0.412 bits per heavy atom. The standard InChI is InChI=1S/C24H48O10/c1-5-25-13-14-26-6-2-10-31-19-23-34-24-20-32-12-4-8-28-16-15-27-7-3-11-30-18-22-33-21-17-29-9-1/h1-24H2. The highest BCUT2D eigenvalue weighted by Crippen LogP contribution is 1.92. The molecule has 1 saturated heterocycles. The van der Waals surface area contributed by atoms with E-state index in [1.54, 1.807) is 0 Å². The van der Waals surface area contributed by atoms with Crippen LogP contribution in [0, 0.1) is 0 Å². The molecule has 1 aliphatic heterocycles. The Morgan fingerprint density at radius 1 is 0.147 bits per heavy atom. The zero-order valence-electron chi connectivity index (χ0n) is 21.1. The van der Waals surface area contributed by atoms with Crippen molar-refractivity contribution >= 4 is 0 Å². The van der Waals surface area contributed by atoms with E-state index in [2.05, 4.69) is 0 Å². The Labute approximate surface area is 205 Å². The minimum atomic E-state index is 0.573. The molecule has 204 valence electrons. The molecule has 0 bridgehead atoms. The van der Waals surface area contributed by atoms with Gasteiger partial charge in [-0.05, 0) is 25.7 Å². The first-order valence-corrected chi connectivity index (χ1v) is 12.8. The van der Waals surface area contributed by atoms with Gasteiger partial charge in [0.05, 0.1) is 79.3 Å². The van der Waals surface area contributed by atoms with Gasteiger partial charge < -0.3 is 47.4 Å². The van der Waals surface area contributed by atoms with E-state index in [0.717, 1.165) is 25.7 Å². The van der Waals surface area contributed by atoms with Gasteiger partial charge >= 0.3 is 0 Å². The molecule has 1 heterocycles. The van der Waals surface area contributed by atoms with Gasteiger partial charge in [0.25, 0.3) is 0 Å². The van der Waals surface area contributed by atoms with E-state index in [-0.39, 0.29) is 0 Å². The topological polar surface area (TPSA) is 92.3 Å². The van der Waals surface area contributed by atoms with Crippen LogP contribution in [0.5, 0.6) is 0 Å². The largest absolute Gasteiger partial charge is 0.379 e. The number of hydrogen-bond donors (Lipinski definition) is 0. The lowest BCUT2D eigenvalue weighted by Gasteiger charge is -2.09. The lowest BCUT2D eigenvalue weighted by molar-refractivity contribution is -0.00613. The molecule has 0 atom stereocenters. The van der Waals surface area contributed by atoms with E-state index in [4.69, 9.17) is 47.4 Å². The molecule has 1 rings (SSSR count). The van der Waals surface area contributed by atoms with Crippen molar-refractivity contribution in [1.29, 1.82) is 0 Å². The summed E-state index contributed by atoms with van der Waals surface area (Å²) in [6, 6.07) is 0. The Balaban J connectivity index is 2.00. The summed E-state index contributed by atoms with van der Waals surface area (Å²) in [5, 5.41) is 0. The second-order valence-corrected chi connectivity index (χ2v) is 7.54. The van der Waals surface area contributed by atoms with Crippen molar-refractivity contribution in [3.8, 4) is 0 Å². The smallest absolute Gasteiger partial charge is 0.0701 e. The number of rotatable bonds is 0. The predicted molar refractivity (Wildman–Crippen MR) is 127 cm³/mol. The summed E-state index contributed by atoms with van der Waals surface area (Å²) >= 11 is 0. The molecule has 0 saturated carbocycles. The maximum atomic E-state index is 5.53. The zero-order chi connectivity index (χ0) is 24.0. The first-order valence-electron chi connectivity index (χ1n) is 12.8. The van der Waals surface area contributed by atoms with E-state index < -0.39 is 0 Å². The second-order valence-electron chi connectivity index (χ2n) is 7.54. The average Bonchev–Trinajstić information content (AvgIpc) is 2.85. The summed E-state index contributed by atoms with van der Waals surface area (Å²) < 4.78 is 55.2. The summed E-state index contributed by atoms with van der Waals surface area (Å²) in [5.41, 5.74) is 0. The maximum Gasteiger partial charge on any atom is 0.0701 e. The van der Waals surface area contributed by atoms with E-state index in [0.29, 0.717) is 132 Å². The Hall–Kier alpha value is -0.400. The molecule has 10 heteroatoms. The summed E-state index contributed by atoms with van der Waals surface area (Å²) in [5.74, 6) is 0. The molecule has 1 aliphatic rings. The highest BCUT2D eigenvalue weighted by atomic mass is 16.6. The van der Waals surface area contributed by atoms with Crippen LogP contribution in [0.2, 0.25) is 0 Å². The molecule has 0 unspecified atom stereocenters. The van der Waals surface area contributed by atoms with E-state index in [1.807, 2.05) is 0 Å². The molecule has 0 aliphatic carbocycles. The van der Waals surface area contributed by atoms with Crippen molar-refractivity contribution in [2.45, 2.75) is 25.7 Å². The molecular formula is C24H48O10. The average molecular weight is 497 g/mol. The van der Waals surface area contributed by atoms with Crippen LogP contribution in [0.4, 0.5) is 0 Å². The van der Waals surface area contributed by atoms with Gasteiger partial charge in [-0.2, -0.15) is 0 Å². The van der Waals surface area contributed by atoms with Crippen molar-refractivity contribution in [2.75, 3.05) is 132 Å².